The van der Waals surface area contributed by atoms with Crippen LogP contribution in [0.4, 0.5) is 0 Å². The normalized spacial score (nSPS) is 12.2. The van der Waals surface area contributed by atoms with E-state index in [0.29, 0.717) is 24.8 Å². The molecule has 0 fully saturated rings. The van der Waals surface area contributed by atoms with Gasteiger partial charge in [-0.25, -0.2) is 13.1 Å². The molecule has 0 saturated heterocycles. The van der Waals surface area contributed by atoms with Gasteiger partial charge in [-0.1, -0.05) is 32.4 Å². The molecule has 0 spiro atoms. The Bertz CT molecular complexity index is 608. The summed E-state index contributed by atoms with van der Waals surface area (Å²) in [5.74, 6) is 0. The van der Waals surface area contributed by atoms with E-state index in [0.717, 1.165) is 0 Å². The zero-order chi connectivity index (χ0) is 15.4. The van der Waals surface area contributed by atoms with Crippen LogP contribution >= 0.6 is 11.6 Å². The summed E-state index contributed by atoms with van der Waals surface area (Å²) in [6, 6.07) is 6.11. The second kappa shape index (κ2) is 6.57. The van der Waals surface area contributed by atoms with Crippen molar-refractivity contribution < 1.29 is 8.42 Å². The minimum atomic E-state index is -3.70. The SMILES string of the molecule is CCC(CC)(CC)NS(=O)(=O)c1ccc(C#N)cc1Cl. The van der Waals surface area contributed by atoms with E-state index in [-0.39, 0.29) is 9.92 Å². The van der Waals surface area contributed by atoms with Gasteiger partial charge >= 0.3 is 0 Å². The monoisotopic (exact) mass is 314 g/mol. The third-order valence-corrected chi connectivity index (χ3v) is 5.79. The van der Waals surface area contributed by atoms with Gasteiger partial charge in [0.05, 0.1) is 16.7 Å². The van der Waals surface area contributed by atoms with Gasteiger partial charge in [0.15, 0.2) is 0 Å². The molecule has 0 unspecified atom stereocenters. The fourth-order valence-electron chi connectivity index (χ4n) is 2.09. The van der Waals surface area contributed by atoms with E-state index in [1.54, 1.807) is 0 Å². The molecule has 0 bridgehead atoms. The van der Waals surface area contributed by atoms with E-state index < -0.39 is 15.6 Å². The van der Waals surface area contributed by atoms with Crippen LogP contribution in [-0.4, -0.2) is 14.0 Å². The van der Waals surface area contributed by atoms with Gasteiger partial charge in [-0.15, -0.1) is 0 Å². The minimum absolute atomic E-state index is 0.0119. The zero-order valence-electron chi connectivity index (χ0n) is 11.9. The van der Waals surface area contributed by atoms with Crippen LogP contribution in [0.1, 0.15) is 45.6 Å². The van der Waals surface area contributed by atoms with Gasteiger partial charge in [-0.2, -0.15) is 5.26 Å². The maximum Gasteiger partial charge on any atom is 0.242 e. The van der Waals surface area contributed by atoms with Gasteiger partial charge in [-0.3, -0.25) is 0 Å². The molecular formula is C14H19ClN2O2S. The third-order valence-electron chi connectivity index (χ3n) is 3.73. The van der Waals surface area contributed by atoms with Crippen LogP contribution in [-0.2, 0) is 10.0 Å². The average molecular weight is 315 g/mol. The summed E-state index contributed by atoms with van der Waals surface area (Å²) < 4.78 is 27.7. The molecule has 110 valence electrons. The zero-order valence-corrected chi connectivity index (χ0v) is 13.5. The number of nitriles is 1. The summed E-state index contributed by atoms with van der Waals surface area (Å²) in [5, 5.41) is 8.85. The van der Waals surface area contributed by atoms with Crippen LogP contribution in [0, 0.1) is 11.3 Å². The van der Waals surface area contributed by atoms with Gasteiger partial charge < -0.3 is 0 Å². The van der Waals surface area contributed by atoms with Crippen molar-refractivity contribution in [3.05, 3.63) is 28.8 Å². The number of benzene rings is 1. The van der Waals surface area contributed by atoms with Gasteiger partial charge in [0.2, 0.25) is 10.0 Å². The highest BCUT2D eigenvalue weighted by Crippen LogP contribution is 2.27. The smallest absolute Gasteiger partial charge is 0.207 e. The van der Waals surface area contributed by atoms with E-state index in [2.05, 4.69) is 4.72 Å². The molecule has 6 heteroatoms. The highest BCUT2D eigenvalue weighted by Gasteiger charge is 2.31. The van der Waals surface area contributed by atoms with Crippen molar-refractivity contribution in [2.75, 3.05) is 0 Å². The largest absolute Gasteiger partial charge is 0.242 e. The van der Waals surface area contributed by atoms with E-state index in [1.165, 1.54) is 18.2 Å². The molecule has 1 aromatic rings. The van der Waals surface area contributed by atoms with Crippen molar-refractivity contribution in [2.24, 2.45) is 0 Å². The van der Waals surface area contributed by atoms with Crippen molar-refractivity contribution in [1.82, 2.24) is 4.72 Å². The summed E-state index contributed by atoms with van der Waals surface area (Å²) in [4.78, 5) is 0.0119. The first-order chi connectivity index (χ1) is 9.34. The molecule has 0 aliphatic carbocycles. The molecule has 0 aliphatic rings. The number of hydrogen-bond acceptors (Lipinski definition) is 3. The molecule has 0 amide bonds. The van der Waals surface area contributed by atoms with Crippen molar-refractivity contribution >= 4 is 21.6 Å². The first-order valence-electron chi connectivity index (χ1n) is 6.57. The van der Waals surface area contributed by atoms with Crippen molar-refractivity contribution in [2.45, 2.75) is 50.5 Å². The van der Waals surface area contributed by atoms with E-state index in [4.69, 9.17) is 16.9 Å². The molecule has 1 rings (SSSR count). The van der Waals surface area contributed by atoms with Crippen LogP contribution in [0.2, 0.25) is 5.02 Å². The lowest BCUT2D eigenvalue weighted by molar-refractivity contribution is 0.341. The van der Waals surface area contributed by atoms with Crippen LogP contribution in [0.5, 0.6) is 0 Å². The first kappa shape index (κ1) is 17.0. The number of halogens is 1. The minimum Gasteiger partial charge on any atom is -0.207 e. The maximum absolute atomic E-state index is 12.5. The number of nitrogens with one attached hydrogen (secondary N) is 1. The third kappa shape index (κ3) is 3.51. The number of sulfonamides is 1. The Kier molecular flexibility index (Phi) is 5.58. The molecule has 20 heavy (non-hydrogen) atoms. The van der Waals surface area contributed by atoms with Crippen molar-refractivity contribution in [3.8, 4) is 6.07 Å². The Morgan fingerprint density at radius 1 is 1.25 bits per heavy atom. The summed E-state index contributed by atoms with van der Waals surface area (Å²) in [7, 11) is -3.70. The van der Waals surface area contributed by atoms with Gasteiger partial charge in [0.1, 0.15) is 4.90 Å². The predicted molar refractivity (Wildman–Crippen MR) is 80.1 cm³/mol. The van der Waals surface area contributed by atoms with Crippen LogP contribution in [0.25, 0.3) is 0 Å². The Labute approximate surface area is 125 Å². The second-order valence-electron chi connectivity index (χ2n) is 4.70. The number of rotatable bonds is 6. The summed E-state index contributed by atoms with van der Waals surface area (Å²) in [6.07, 6.45) is 2.10. The van der Waals surface area contributed by atoms with Gasteiger partial charge in [-0.05, 0) is 37.5 Å². The standard InChI is InChI=1S/C14H19ClN2O2S/c1-4-14(5-2,6-3)17-20(18,19)13-8-7-11(10-16)9-12(13)15/h7-9,17H,4-6H2,1-3H3. The molecule has 0 radical (unpaired) electrons. The highest BCUT2D eigenvalue weighted by atomic mass is 35.5. The molecule has 0 atom stereocenters. The topological polar surface area (TPSA) is 70.0 Å². The van der Waals surface area contributed by atoms with Crippen LogP contribution in [0.3, 0.4) is 0 Å². The lowest BCUT2D eigenvalue weighted by Crippen LogP contribution is -2.47. The maximum atomic E-state index is 12.5. The van der Waals surface area contributed by atoms with E-state index in [1.807, 2.05) is 26.8 Å². The fourth-order valence-corrected chi connectivity index (χ4v) is 4.26. The van der Waals surface area contributed by atoms with E-state index in [9.17, 15) is 8.42 Å². The Morgan fingerprint density at radius 3 is 2.20 bits per heavy atom. The molecule has 1 N–H and O–H groups in total. The Balaban J connectivity index is 3.21. The average Bonchev–Trinajstić information content (AvgIpc) is 2.44. The molecule has 0 heterocycles. The molecule has 4 nitrogen and oxygen atoms in total. The van der Waals surface area contributed by atoms with Crippen molar-refractivity contribution in [1.29, 1.82) is 5.26 Å². The van der Waals surface area contributed by atoms with E-state index >= 15 is 0 Å². The highest BCUT2D eigenvalue weighted by molar-refractivity contribution is 7.89. The van der Waals surface area contributed by atoms with Gasteiger partial charge in [0.25, 0.3) is 0 Å². The molecule has 1 aromatic carbocycles. The number of hydrogen-bond donors (Lipinski definition) is 1. The van der Waals surface area contributed by atoms with Crippen molar-refractivity contribution in [3.63, 3.8) is 0 Å². The van der Waals surface area contributed by atoms with Crippen LogP contribution < -0.4 is 4.72 Å². The Morgan fingerprint density at radius 2 is 1.80 bits per heavy atom. The lowest BCUT2D eigenvalue weighted by Gasteiger charge is -2.31. The molecule has 0 aromatic heterocycles. The first-order valence-corrected chi connectivity index (χ1v) is 8.44. The van der Waals surface area contributed by atoms with Crippen LogP contribution in [0.15, 0.2) is 23.1 Å². The Hall–Kier alpha value is -1.09. The second-order valence-corrected chi connectivity index (χ2v) is 6.76. The molecule has 0 saturated carbocycles. The molecular weight excluding hydrogens is 296 g/mol. The van der Waals surface area contributed by atoms with Gasteiger partial charge in [0, 0.05) is 5.54 Å². The quantitative estimate of drug-likeness (QED) is 0.874. The molecule has 0 aliphatic heterocycles. The predicted octanol–water partition coefficient (Wildman–Crippen LogP) is 3.46. The summed E-state index contributed by atoms with van der Waals surface area (Å²) in [6.45, 7) is 5.86. The summed E-state index contributed by atoms with van der Waals surface area (Å²) in [5.41, 5.74) is -0.127. The lowest BCUT2D eigenvalue weighted by atomic mass is 9.91. The number of nitrogens with zero attached hydrogens (tertiary/aromatic N) is 1. The summed E-state index contributed by atoms with van der Waals surface area (Å²) >= 11 is 5.98. The fraction of sp³-hybridized carbons (Fsp3) is 0.500.